The minimum atomic E-state index is -0.378. The van der Waals surface area contributed by atoms with E-state index in [-0.39, 0.29) is 19.1 Å². The van der Waals surface area contributed by atoms with Crippen molar-refractivity contribution in [2.75, 3.05) is 6.61 Å². The third kappa shape index (κ3) is 4.21. The second kappa shape index (κ2) is 8.19. The number of nitriles is 1. The fourth-order valence-electron chi connectivity index (χ4n) is 2.47. The minimum absolute atomic E-state index is 0.158. The van der Waals surface area contributed by atoms with Crippen LogP contribution in [0.2, 0.25) is 5.02 Å². The first kappa shape index (κ1) is 17.5. The number of hydrogen-bond acceptors (Lipinski definition) is 4. The normalized spacial score (nSPS) is 10.8. The quantitative estimate of drug-likeness (QED) is 0.536. The second-order valence-electron chi connectivity index (χ2n) is 5.42. The average molecular weight is 367 g/mol. The summed E-state index contributed by atoms with van der Waals surface area (Å²) in [5.74, 6) is 0.171. The van der Waals surface area contributed by atoms with Gasteiger partial charge in [-0.3, -0.25) is 4.79 Å². The van der Waals surface area contributed by atoms with Crippen LogP contribution in [0.4, 0.5) is 0 Å². The summed E-state index contributed by atoms with van der Waals surface area (Å²) in [6.45, 7) is 0.0881. The molecule has 0 radical (unpaired) electrons. The molecular formula is C19H15ClN4O2. The van der Waals surface area contributed by atoms with Crippen molar-refractivity contribution >= 4 is 34.6 Å². The molecule has 0 unspecified atom stereocenters. The van der Waals surface area contributed by atoms with Crippen molar-refractivity contribution in [2.24, 2.45) is 5.10 Å². The summed E-state index contributed by atoms with van der Waals surface area (Å²) in [6.07, 6.45) is 3.38. The highest BCUT2D eigenvalue weighted by Crippen LogP contribution is 2.19. The van der Waals surface area contributed by atoms with E-state index in [2.05, 4.69) is 16.6 Å². The fraction of sp³-hybridized carbons (Fsp3) is 0.105. The maximum absolute atomic E-state index is 11.8. The number of nitrogens with one attached hydrogen (secondary N) is 1. The summed E-state index contributed by atoms with van der Waals surface area (Å²) in [7, 11) is 0. The Bertz CT molecular complexity index is 987. The molecule has 0 fully saturated rings. The van der Waals surface area contributed by atoms with Crippen molar-refractivity contribution in [3.05, 3.63) is 65.3 Å². The van der Waals surface area contributed by atoms with Gasteiger partial charge >= 0.3 is 0 Å². The third-order valence-electron chi connectivity index (χ3n) is 3.64. The van der Waals surface area contributed by atoms with E-state index in [0.29, 0.717) is 10.8 Å². The van der Waals surface area contributed by atoms with Gasteiger partial charge in [0.2, 0.25) is 0 Å². The molecule has 0 saturated carbocycles. The molecule has 3 aromatic rings. The van der Waals surface area contributed by atoms with Gasteiger partial charge in [0.1, 0.15) is 12.3 Å². The predicted molar refractivity (Wildman–Crippen MR) is 100 cm³/mol. The fourth-order valence-corrected chi connectivity index (χ4v) is 2.60. The van der Waals surface area contributed by atoms with E-state index < -0.39 is 0 Å². The molecule has 1 aromatic heterocycles. The Labute approximate surface area is 155 Å². The van der Waals surface area contributed by atoms with E-state index in [4.69, 9.17) is 21.6 Å². The van der Waals surface area contributed by atoms with E-state index in [0.717, 1.165) is 16.5 Å². The Morgan fingerprint density at radius 3 is 2.81 bits per heavy atom. The lowest BCUT2D eigenvalue weighted by Crippen LogP contribution is -2.24. The highest BCUT2D eigenvalue weighted by molar-refractivity contribution is 6.30. The van der Waals surface area contributed by atoms with Crippen LogP contribution in [0.1, 0.15) is 5.56 Å². The lowest BCUT2D eigenvalue weighted by molar-refractivity contribution is -0.123. The summed E-state index contributed by atoms with van der Waals surface area (Å²) in [5, 5.41) is 14.4. The van der Waals surface area contributed by atoms with Gasteiger partial charge in [0.15, 0.2) is 6.61 Å². The van der Waals surface area contributed by atoms with Gasteiger partial charge in [-0.2, -0.15) is 10.4 Å². The zero-order valence-corrected chi connectivity index (χ0v) is 14.5. The van der Waals surface area contributed by atoms with Crippen LogP contribution in [0.15, 0.2) is 59.8 Å². The van der Waals surface area contributed by atoms with Crippen molar-refractivity contribution in [1.29, 1.82) is 5.26 Å². The van der Waals surface area contributed by atoms with Crippen LogP contribution in [-0.2, 0) is 11.3 Å². The number of nitrogens with zero attached hydrogens (tertiary/aromatic N) is 3. The molecule has 0 atom stereocenters. The minimum Gasteiger partial charge on any atom is -0.484 e. The van der Waals surface area contributed by atoms with Gasteiger partial charge in [0, 0.05) is 27.7 Å². The van der Waals surface area contributed by atoms with Gasteiger partial charge in [-0.25, -0.2) is 5.43 Å². The maximum Gasteiger partial charge on any atom is 0.277 e. The van der Waals surface area contributed by atoms with Gasteiger partial charge in [-0.1, -0.05) is 29.8 Å². The Kier molecular flexibility index (Phi) is 5.52. The van der Waals surface area contributed by atoms with Gasteiger partial charge in [-0.05, 0) is 30.3 Å². The number of ether oxygens (including phenoxy) is 1. The van der Waals surface area contributed by atoms with Crippen LogP contribution in [0.5, 0.6) is 5.75 Å². The lowest BCUT2D eigenvalue weighted by atomic mass is 10.2. The van der Waals surface area contributed by atoms with Gasteiger partial charge in [0.05, 0.1) is 12.3 Å². The van der Waals surface area contributed by atoms with Gasteiger partial charge < -0.3 is 9.30 Å². The first-order valence-corrected chi connectivity index (χ1v) is 8.20. The molecule has 1 N–H and O–H groups in total. The van der Waals surface area contributed by atoms with Crippen LogP contribution >= 0.6 is 11.6 Å². The standard InChI is InChI=1S/C19H15ClN4O2/c20-15-5-7-16(8-6-15)26-13-19(25)23-22-11-14-12-24(10-9-21)18-4-2-1-3-17(14)18/h1-8,11-12H,10,13H2,(H,23,25)/b22-11-. The Morgan fingerprint density at radius 2 is 2.04 bits per heavy atom. The molecule has 0 saturated heterocycles. The zero-order chi connectivity index (χ0) is 18.4. The maximum atomic E-state index is 11.8. The molecule has 0 aliphatic carbocycles. The highest BCUT2D eigenvalue weighted by Gasteiger charge is 2.06. The van der Waals surface area contributed by atoms with E-state index in [1.165, 1.54) is 0 Å². The number of carbonyl (C=O) groups excluding carboxylic acids is 1. The third-order valence-corrected chi connectivity index (χ3v) is 3.89. The molecule has 2 aromatic carbocycles. The number of carbonyl (C=O) groups is 1. The molecule has 0 bridgehead atoms. The van der Waals surface area contributed by atoms with Crippen molar-refractivity contribution < 1.29 is 9.53 Å². The number of halogens is 1. The molecule has 3 rings (SSSR count). The van der Waals surface area contributed by atoms with Crippen molar-refractivity contribution in [3.63, 3.8) is 0 Å². The summed E-state index contributed by atoms with van der Waals surface area (Å²) < 4.78 is 7.18. The molecule has 26 heavy (non-hydrogen) atoms. The average Bonchev–Trinajstić information content (AvgIpc) is 3.00. The Morgan fingerprint density at radius 1 is 1.27 bits per heavy atom. The van der Waals surface area contributed by atoms with Gasteiger partial charge in [-0.15, -0.1) is 0 Å². The molecular weight excluding hydrogens is 352 g/mol. The zero-order valence-electron chi connectivity index (χ0n) is 13.7. The number of para-hydroxylation sites is 1. The van der Waals surface area contributed by atoms with Crippen molar-refractivity contribution in [1.82, 2.24) is 9.99 Å². The molecule has 7 heteroatoms. The first-order chi connectivity index (χ1) is 12.7. The summed E-state index contributed by atoms with van der Waals surface area (Å²) in [6, 6.07) is 16.6. The molecule has 1 amide bonds. The predicted octanol–water partition coefficient (Wildman–Crippen LogP) is 3.35. The number of hydrazone groups is 1. The number of hydrogen-bond donors (Lipinski definition) is 1. The Balaban J connectivity index is 1.61. The number of rotatable bonds is 6. The molecule has 0 aliphatic heterocycles. The summed E-state index contributed by atoms with van der Waals surface area (Å²) in [4.78, 5) is 11.8. The smallest absolute Gasteiger partial charge is 0.277 e. The number of benzene rings is 2. The molecule has 1 heterocycles. The summed E-state index contributed by atoms with van der Waals surface area (Å²) in [5.41, 5.74) is 4.18. The van der Waals surface area contributed by atoms with E-state index in [9.17, 15) is 4.79 Å². The highest BCUT2D eigenvalue weighted by atomic mass is 35.5. The molecule has 6 nitrogen and oxygen atoms in total. The molecule has 130 valence electrons. The van der Waals surface area contributed by atoms with Crippen LogP contribution in [0.25, 0.3) is 10.9 Å². The van der Waals surface area contributed by atoms with Crippen LogP contribution in [0, 0.1) is 11.3 Å². The van der Waals surface area contributed by atoms with Gasteiger partial charge in [0.25, 0.3) is 5.91 Å². The van der Waals surface area contributed by atoms with Crippen LogP contribution in [0.3, 0.4) is 0 Å². The monoisotopic (exact) mass is 366 g/mol. The van der Waals surface area contributed by atoms with Crippen molar-refractivity contribution in [3.8, 4) is 11.8 Å². The van der Waals surface area contributed by atoms with E-state index in [1.807, 2.05) is 35.0 Å². The molecule has 0 spiro atoms. The summed E-state index contributed by atoms with van der Waals surface area (Å²) >= 11 is 5.79. The SMILES string of the molecule is N#CCn1cc(/C=N\NC(=O)COc2ccc(Cl)cc2)c2ccccc21. The lowest BCUT2D eigenvalue weighted by Gasteiger charge is -2.04. The number of fused-ring (bicyclic) bond motifs is 1. The largest absolute Gasteiger partial charge is 0.484 e. The van der Waals surface area contributed by atoms with Crippen LogP contribution < -0.4 is 10.2 Å². The number of amides is 1. The van der Waals surface area contributed by atoms with E-state index >= 15 is 0 Å². The van der Waals surface area contributed by atoms with Crippen molar-refractivity contribution in [2.45, 2.75) is 6.54 Å². The first-order valence-electron chi connectivity index (χ1n) is 7.82. The van der Waals surface area contributed by atoms with Crippen LogP contribution in [-0.4, -0.2) is 23.3 Å². The van der Waals surface area contributed by atoms with E-state index in [1.54, 1.807) is 30.5 Å². The molecule has 0 aliphatic rings. The second-order valence-corrected chi connectivity index (χ2v) is 5.86. The topological polar surface area (TPSA) is 79.4 Å². The number of aromatic nitrogens is 1. The Hall–Kier alpha value is -3.30.